The third kappa shape index (κ3) is 5.81. The quantitative estimate of drug-likeness (QED) is 0.403. The summed E-state index contributed by atoms with van der Waals surface area (Å²) in [7, 11) is 1.58. The molecule has 0 aliphatic carbocycles. The van der Waals surface area contributed by atoms with Gasteiger partial charge in [0.15, 0.2) is 0 Å². The molecular weight excluding hydrogens is 482 g/mol. The van der Waals surface area contributed by atoms with Gasteiger partial charge in [0, 0.05) is 25.1 Å². The number of hydrogen-bond donors (Lipinski definition) is 0. The van der Waals surface area contributed by atoms with Gasteiger partial charge < -0.3 is 9.64 Å². The van der Waals surface area contributed by atoms with Gasteiger partial charge in [-0.05, 0) is 65.7 Å². The summed E-state index contributed by atoms with van der Waals surface area (Å²) in [6.07, 6.45) is 0.576. The Bertz CT molecular complexity index is 1220. The minimum absolute atomic E-state index is 0.0894. The summed E-state index contributed by atoms with van der Waals surface area (Å²) in [6.45, 7) is 4.70. The minimum Gasteiger partial charge on any atom is -0.383 e. The Balaban J connectivity index is 1.63. The average Bonchev–Trinajstić information content (AvgIpc) is 3.54. The molecule has 0 bridgehead atoms. The van der Waals surface area contributed by atoms with Crippen LogP contribution in [0.1, 0.15) is 44.4 Å². The number of rotatable bonds is 8. The number of amides is 2. The van der Waals surface area contributed by atoms with E-state index >= 15 is 0 Å². The smallest absolute Gasteiger partial charge is 0.264 e. The second kappa shape index (κ2) is 11.2. The first-order valence-electron chi connectivity index (χ1n) is 11.4. The lowest BCUT2D eigenvalue weighted by Crippen LogP contribution is -2.42. The van der Waals surface area contributed by atoms with E-state index in [-0.39, 0.29) is 24.4 Å². The van der Waals surface area contributed by atoms with Crippen LogP contribution in [0, 0.1) is 13.8 Å². The second-order valence-electron chi connectivity index (χ2n) is 8.55. The minimum atomic E-state index is -0.280. The van der Waals surface area contributed by atoms with Crippen LogP contribution in [-0.2, 0) is 9.53 Å². The summed E-state index contributed by atoms with van der Waals surface area (Å²) < 4.78 is 5.19. The number of ether oxygens (including phenoxy) is 1. The monoisotopic (exact) mass is 509 g/mol. The van der Waals surface area contributed by atoms with Crippen LogP contribution in [0.15, 0.2) is 65.1 Å². The molecular formula is C27H28ClN3O3S. The largest absolute Gasteiger partial charge is 0.383 e. The molecule has 35 heavy (non-hydrogen) atoms. The molecule has 1 aliphatic rings. The third-order valence-electron chi connectivity index (χ3n) is 6.17. The Labute approximate surface area is 214 Å². The maximum Gasteiger partial charge on any atom is 0.264 e. The number of thiophene rings is 1. The van der Waals surface area contributed by atoms with Crippen molar-refractivity contribution < 1.29 is 14.3 Å². The maximum absolute atomic E-state index is 13.6. The molecule has 4 rings (SSSR count). The molecule has 0 spiro atoms. The molecule has 1 aromatic heterocycles. The predicted molar refractivity (Wildman–Crippen MR) is 140 cm³/mol. The van der Waals surface area contributed by atoms with E-state index in [9.17, 15) is 9.59 Å². The van der Waals surface area contributed by atoms with Gasteiger partial charge in [0.25, 0.3) is 11.8 Å². The second-order valence-corrected chi connectivity index (χ2v) is 9.94. The molecule has 6 nitrogen and oxygen atoms in total. The van der Waals surface area contributed by atoms with Crippen molar-refractivity contribution in [2.24, 2.45) is 5.10 Å². The van der Waals surface area contributed by atoms with Gasteiger partial charge in [0.05, 0.1) is 23.2 Å². The number of benzene rings is 2. The van der Waals surface area contributed by atoms with E-state index in [0.29, 0.717) is 29.5 Å². The first-order chi connectivity index (χ1) is 16.9. The van der Waals surface area contributed by atoms with Gasteiger partial charge in [-0.3, -0.25) is 9.59 Å². The van der Waals surface area contributed by atoms with Crippen molar-refractivity contribution in [2.75, 3.05) is 26.8 Å². The highest BCUT2D eigenvalue weighted by Gasteiger charge is 2.34. The fourth-order valence-electron chi connectivity index (χ4n) is 4.03. The van der Waals surface area contributed by atoms with E-state index in [0.717, 1.165) is 16.8 Å². The van der Waals surface area contributed by atoms with Crippen molar-refractivity contribution in [1.29, 1.82) is 0 Å². The Hall–Kier alpha value is -3.00. The highest BCUT2D eigenvalue weighted by Crippen LogP contribution is 2.34. The fraction of sp³-hybridized carbons (Fsp3) is 0.296. The summed E-state index contributed by atoms with van der Waals surface area (Å²) >= 11 is 7.46. The number of nitrogens with zero attached hydrogens (tertiary/aromatic N) is 3. The van der Waals surface area contributed by atoms with E-state index in [1.54, 1.807) is 13.2 Å². The van der Waals surface area contributed by atoms with Crippen LogP contribution >= 0.6 is 22.9 Å². The van der Waals surface area contributed by atoms with Gasteiger partial charge >= 0.3 is 0 Å². The summed E-state index contributed by atoms with van der Waals surface area (Å²) in [4.78, 5) is 28.8. The van der Waals surface area contributed by atoms with Crippen molar-refractivity contribution >= 4 is 40.5 Å². The van der Waals surface area contributed by atoms with E-state index < -0.39 is 0 Å². The predicted octanol–water partition coefficient (Wildman–Crippen LogP) is 5.48. The normalized spacial score (nSPS) is 15.3. The molecule has 182 valence electrons. The molecule has 3 aromatic rings. The van der Waals surface area contributed by atoms with Gasteiger partial charge in [0.2, 0.25) is 0 Å². The molecule has 2 heterocycles. The zero-order valence-electron chi connectivity index (χ0n) is 20.0. The highest BCUT2D eigenvalue weighted by molar-refractivity contribution is 7.12. The van der Waals surface area contributed by atoms with E-state index in [2.05, 4.69) is 26.0 Å². The van der Waals surface area contributed by atoms with E-state index in [4.69, 9.17) is 21.4 Å². The number of aryl methyl sites for hydroxylation is 2. The number of hydrogen-bond acceptors (Lipinski definition) is 5. The van der Waals surface area contributed by atoms with Crippen molar-refractivity contribution in [3.63, 3.8) is 0 Å². The maximum atomic E-state index is 13.6. The average molecular weight is 510 g/mol. The molecule has 1 aliphatic heterocycles. The molecule has 0 fully saturated rings. The lowest BCUT2D eigenvalue weighted by molar-refractivity contribution is -0.133. The molecule has 1 atom stereocenters. The van der Waals surface area contributed by atoms with Crippen LogP contribution < -0.4 is 0 Å². The number of methoxy groups -OCH3 is 1. The molecule has 0 N–H and O–H groups in total. The summed E-state index contributed by atoms with van der Waals surface area (Å²) in [5.74, 6) is -0.434. The molecule has 0 unspecified atom stereocenters. The number of carbonyl (C=O) groups excluding carboxylic acids is 2. The van der Waals surface area contributed by atoms with Gasteiger partial charge in [-0.1, -0.05) is 41.9 Å². The van der Waals surface area contributed by atoms with Gasteiger partial charge in [-0.15, -0.1) is 11.3 Å². The standard InChI is InChI=1S/C27H28ClN3O3S/c1-18-6-7-21(15-19(18)2)23-16-24(20-8-10-22(28)11-9-20)31(29-23)26(32)17-30(12-13-34-3)27(33)25-5-4-14-35-25/h4-11,14-15,24H,12-13,16-17H2,1-3H3/t24-/m1/s1. The first kappa shape index (κ1) is 25.1. The number of hydrazone groups is 1. The zero-order valence-corrected chi connectivity index (χ0v) is 21.6. The van der Waals surface area contributed by atoms with Gasteiger partial charge in [0.1, 0.15) is 6.54 Å². The molecule has 0 saturated carbocycles. The first-order valence-corrected chi connectivity index (χ1v) is 12.7. The molecule has 8 heteroatoms. The highest BCUT2D eigenvalue weighted by atomic mass is 35.5. The van der Waals surface area contributed by atoms with E-state index in [1.165, 1.54) is 32.4 Å². The molecule has 2 aromatic carbocycles. The summed E-state index contributed by atoms with van der Waals surface area (Å²) in [5, 5.41) is 8.77. The summed E-state index contributed by atoms with van der Waals surface area (Å²) in [5.41, 5.74) is 5.15. The van der Waals surface area contributed by atoms with Crippen LogP contribution in [0.2, 0.25) is 5.02 Å². The van der Waals surface area contributed by atoms with Gasteiger partial charge in [-0.2, -0.15) is 5.10 Å². The van der Waals surface area contributed by atoms with Crippen LogP contribution in [0.3, 0.4) is 0 Å². The molecule has 2 amide bonds. The van der Waals surface area contributed by atoms with Gasteiger partial charge in [-0.25, -0.2) is 5.01 Å². The molecule has 0 saturated heterocycles. The SMILES string of the molecule is COCCN(CC(=O)N1N=C(c2ccc(C)c(C)c2)C[C@@H]1c1ccc(Cl)cc1)C(=O)c1cccs1. The van der Waals surface area contributed by atoms with Crippen LogP contribution in [0.4, 0.5) is 0 Å². The third-order valence-corrected chi connectivity index (χ3v) is 7.28. The fourth-order valence-corrected chi connectivity index (χ4v) is 4.84. The lowest BCUT2D eigenvalue weighted by Gasteiger charge is -2.26. The van der Waals surface area contributed by atoms with Crippen molar-refractivity contribution in [1.82, 2.24) is 9.91 Å². The number of halogens is 1. The van der Waals surface area contributed by atoms with Crippen LogP contribution in [0.5, 0.6) is 0 Å². The van der Waals surface area contributed by atoms with Crippen molar-refractivity contribution in [3.05, 3.63) is 92.1 Å². The lowest BCUT2D eigenvalue weighted by atomic mass is 9.96. The Morgan fingerprint density at radius 3 is 2.57 bits per heavy atom. The van der Waals surface area contributed by atoms with Crippen molar-refractivity contribution in [2.45, 2.75) is 26.3 Å². The Morgan fingerprint density at radius 1 is 1.14 bits per heavy atom. The summed E-state index contributed by atoms with van der Waals surface area (Å²) in [6, 6.07) is 17.0. The topological polar surface area (TPSA) is 62.2 Å². The van der Waals surface area contributed by atoms with Crippen LogP contribution in [0.25, 0.3) is 0 Å². The van der Waals surface area contributed by atoms with E-state index in [1.807, 2.05) is 41.8 Å². The van der Waals surface area contributed by atoms with Crippen molar-refractivity contribution in [3.8, 4) is 0 Å². The Kier molecular flexibility index (Phi) is 8.00. The molecule has 0 radical (unpaired) electrons. The number of carbonyl (C=O) groups is 2. The zero-order chi connectivity index (χ0) is 24.9. The van der Waals surface area contributed by atoms with Crippen LogP contribution in [-0.4, -0.2) is 54.2 Å². The Morgan fingerprint density at radius 2 is 1.91 bits per heavy atom.